The highest BCUT2D eigenvalue weighted by Crippen LogP contribution is 2.26. The first kappa shape index (κ1) is 15.5. The van der Waals surface area contributed by atoms with Crippen LogP contribution in [-0.2, 0) is 23.0 Å². The van der Waals surface area contributed by atoms with Crippen LogP contribution in [0.4, 0.5) is 5.69 Å². The molecule has 1 aliphatic heterocycles. The van der Waals surface area contributed by atoms with Gasteiger partial charge in [0.25, 0.3) is 0 Å². The fraction of sp³-hybridized carbons (Fsp3) is 0.400. The molecule has 0 saturated heterocycles. The first-order valence-electron chi connectivity index (χ1n) is 7.21. The van der Waals surface area contributed by atoms with E-state index >= 15 is 0 Å². The maximum atomic E-state index is 12.1. The predicted molar refractivity (Wildman–Crippen MR) is 89.7 cm³/mol. The number of sulfonamides is 1. The summed E-state index contributed by atoms with van der Waals surface area (Å²) in [5, 5.41) is 0. The molecule has 2 heterocycles. The van der Waals surface area contributed by atoms with Crippen LogP contribution in [0.2, 0.25) is 0 Å². The number of hydrogen-bond donors (Lipinski definition) is 0. The Balaban J connectivity index is 1.79. The molecule has 0 radical (unpaired) electrons. The number of rotatable bonds is 4. The summed E-state index contributed by atoms with van der Waals surface area (Å²) in [4.78, 5) is 3.57. The molecule has 0 aliphatic carbocycles. The molecule has 1 aromatic heterocycles. The number of hydrogen-bond acceptors (Lipinski definition) is 5. The van der Waals surface area contributed by atoms with Crippen LogP contribution in [0, 0.1) is 0 Å². The molecule has 1 aromatic carbocycles. The molecule has 0 fully saturated rings. The molecular formula is C15H19N3O2S2. The molecule has 5 nitrogen and oxygen atoms in total. The quantitative estimate of drug-likeness (QED) is 0.856. The van der Waals surface area contributed by atoms with Crippen molar-refractivity contribution in [2.45, 2.75) is 13.0 Å². The third-order valence-electron chi connectivity index (χ3n) is 3.84. The Kier molecular flexibility index (Phi) is 4.46. The maximum Gasteiger partial charge on any atom is 0.232 e. The van der Waals surface area contributed by atoms with Crippen molar-refractivity contribution < 1.29 is 8.42 Å². The molecule has 22 heavy (non-hydrogen) atoms. The van der Waals surface area contributed by atoms with Gasteiger partial charge < -0.3 is 0 Å². The van der Waals surface area contributed by atoms with Gasteiger partial charge in [0.05, 0.1) is 11.9 Å². The minimum absolute atomic E-state index is 0.499. The molecule has 7 heteroatoms. The van der Waals surface area contributed by atoms with Crippen LogP contribution in [0.1, 0.15) is 10.4 Å². The van der Waals surface area contributed by atoms with Crippen LogP contribution in [0.3, 0.4) is 0 Å². The van der Waals surface area contributed by atoms with E-state index in [1.54, 1.807) is 0 Å². The molecular weight excluding hydrogens is 318 g/mol. The highest BCUT2D eigenvalue weighted by Gasteiger charge is 2.25. The number of anilines is 1. The average Bonchev–Trinajstić information content (AvgIpc) is 2.90. The third-order valence-corrected chi connectivity index (χ3v) is 5.82. The van der Waals surface area contributed by atoms with Crippen molar-refractivity contribution in [3.8, 4) is 0 Å². The van der Waals surface area contributed by atoms with Gasteiger partial charge in [-0.3, -0.25) is 9.21 Å². The molecule has 0 saturated carbocycles. The van der Waals surface area contributed by atoms with Gasteiger partial charge in [0.2, 0.25) is 10.0 Å². The van der Waals surface area contributed by atoms with Crippen molar-refractivity contribution in [1.82, 2.24) is 9.27 Å². The normalized spacial score (nSPS) is 16.3. The first-order chi connectivity index (χ1) is 10.5. The van der Waals surface area contributed by atoms with Gasteiger partial charge in [0, 0.05) is 37.3 Å². The van der Waals surface area contributed by atoms with Gasteiger partial charge in [-0.05, 0) is 35.6 Å². The molecule has 0 N–H and O–H groups in total. The zero-order valence-corrected chi connectivity index (χ0v) is 14.1. The van der Waals surface area contributed by atoms with E-state index in [4.69, 9.17) is 0 Å². The summed E-state index contributed by atoms with van der Waals surface area (Å²) in [7, 11) is -3.25. The molecule has 0 spiro atoms. The van der Waals surface area contributed by atoms with Crippen LogP contribution >= 0.6 is 11.5 Å². The third kappa shape index (κ3) is 3.48. The summed E-state index contributed by atoms with van der Waals surface area (Å²) in [5.41, 5.74) is 1.88. The predicted octanol–water partition coefficient (Wildman–Crippen LogP) is 1.97. The second kappa shape index (κ2) is 6.36. The van der Waals surface area contributed by atoms with Gasteiger partial charge in [-0.1, -0.05) is 18.2 Å². The molecule has 0 amide bonds. The Hall–Kier alpha value is -1.44. The van der Waals surface area contributed by atoms with E-state index in [2.05, 4.69) is 9.27 Å². The van der Waals surface area contributed by atoms with Crippen molar-refractivity contribution in [3.63, 3.8) is 0 Å². The van der Waals surface area contributed by atoms with Crippen molar-refractivity contribution in [1.29, 1.82) is 0 Å². The van der Waals surface area contributed by atoms with Crippen LogP contribution in [0.15, 0.2) is 36.5 Å². The minimum Gasteiger partial charge on any atom is -0.297 e. The first-order valence-corrected chi connectivity index (χ1v) is 9.84. The fourth-order valence-corrected chi connectivity index (χ4v) is 4.25. The Labute approximate surface area is 135 Å². The zero-order valence-electron chi connectivity index (χ0n) is 12.5. The summed E-state index contributed by atoms with van der Waals surface area (Å²) < 4.78 is 29.8. The summed E-state index contributed by atoms with van der Waals surface area (Å²) in [6, 6.07) is 9.80. The topological polar surface area (TPSA) is 53.5 Å². The second-order valence-electron chi connectivity index (χ2n) is 5.47. The molecule has 0 atom stereocenters. The summed E-state index contributed by atoms with van der Waals surface area (Å²) in [6.45, 7) is 2.92. The van der Waals surface area contributed by atoms with E-state index < -0.39 is 10.0 Å². The number of aromatic nitrogens is 1. The largest absolute Gasteiger partial charge is 0.297 e. The number of fused-ring (bicyclic) bond motifs is 1. The zero-order chi connectivity index (χ0) is 15.6. The second-order valence-corrected chi connectivity index (χ2v) is 8.29. The van der Waals surface area contributed by atoms with E-state index in [9.17, 15) is 8.42 Å². The van der Waals surface area contributed by atoms with Crippen LogP contribution in [0.25, 0.3) is 0 Å². The number of para-hydroxylation sites is 1. The Morgan fingerprint density at radius 2 is 2.05 bits per heavy atom. The lowest BCUT2D eigenvalue weighted by atomic mass is 10.1. The molecule has 2 aromatic rings. The lowest BCUT2D eigenvalue weighted by Crippen LogP contribution is -2.35. The standard InChI is InChI=1S/C15H19N3O2S2/c1-22(19,20)18-11-10-17(9-7-14-6-8-16-21-14)12-13-4-2-3-5-15(13)18/h2-6,8H,7,9-12H2,1H3. The Bertz CT molecular complexity index is 729. The molecule has 3 rings (SSSR count). The fourth-order valence-electron chi connectivity index (χ4n) is 2.74. The Morgan fingerprint density at radius 1 is 1.23 bits per heavy atom. The van der Waals surface area contributed by atoms with Crippen molar-refractivity contribution in [3.05, 3.63) is 47.0 Å². The van der Waals surface area contributed by atoms with E-state index in [0.717, 1.165) is 37.3 Å². The summed E-state index contributed by atoms with van der Waals surface area (Å²) >= 11 is 1.52. The monoisotopic (exact) mass is 337 g/mol. The van der Waals surface area contributed by atoms with E-state index in [0.29, 0.717) is 6.54 Å². The van der Waals surface area contributed by atoms with E-state index in [1.165, 1.54) is 27.0 Å². The SMILES string of the molecule is CS(=O)(=O)N1CCN(CCc2ccns2)Cc2ccccc21. The maximum absolute atomic E-state index is 12.1. The van der Waals surface area contributed by atoms with Gasteiger partial charge in [-0.15, -0.1) is 0 Å². The summed E-state index contributed by atoms with van der Waals surface area (Å²) in [5.74, 6) is 0. The highest BCUT2D eigenvalue weighted by atomic mass is 32.2. The molecule has 1 aliphatic rings. The molecule has 0 unspecified atom stereocenters. The molecule has 0 bridgehead atoms. The smallest absolute Gasteiger partial charge is 0.232 e. The minimum atomic E-state index is -3.25. The highest BCUT2D eigenvalue weighted by molar-refractivity contribution is 7.92. The van der Waals surface area contributed by atoms with Crippen molar-refractivity contribution in [2.24, 2.45) is 0 Å². The van der Waals surface area contributed by atoms with Gasteiger partial charge in [0.15, 0.2) is 0 Å². The lowest BCUT2D eigenvalue weighted by molar-refractivity contribution is 0.283. The Morgan fingerprint density at radius 3 is 2.77 bits per heavy atom. The number of benzene rings is 1. The lowest BCUT2D eigenvalue weighted by Gasteiger charge is -2.22. The molecule has 118 valence electrons. The van der Waals surface area contributed by atoms with Crippen molar-refractivity contribution >= 4 is 27.2 Å². The van der Waals surface area contributed by atoms with Gasteiger partial charge in [-0.25, -0.2) is 12.8 Å². The van der Waals surface area contributed by atoms with E-state index in [1.807, 2.05) is 36.5 Å². The van der Waals surface area contributed by atoms with Gasteiger partial charge in [-0.2, -0.15) is 0 Å². The van der Waals surface area contributed by atoms with Crippen LogP contribution in [0.5, 0.6) is 0 Å². The summed E-state index contributed by atoms with van der Waals surface area (Å²) in [6.07, 6.45) is 4.05. The average molecular weight is 337 g/mol. The van der Waals surface area contributed by atoms with Crippen LogP contribution in [-0.4, -0.2) is 43.6 Å². The van der Waals surface area contributed by atoms with Gasteiger partial charge in [0.1, 0.15) is 0 Å². The number of nitrogens with zero attached hydrogens (tertiary/aromatic N) is 3. The van der Waals surface area contributed by atoms with Crippen molar-refractivity contribution in [2.75, 3.05) is 30.2 Å². The van der Waals surface area contributed by atoms with Gasteiger partial charge >= 0.3 is 0 Å². The van der Waals surface area contributed by atoms with E-state index in [-0.39, 0.29) is 0 Å². The van der Waals surface area contributed by atoms with Crippen LogP contribution < -0.4 is 4.31 Å².